The molecule has 0 atom stereocenters. The Morgan fingerprint density at radius 1 is 1.32 bits per heavy atom. The van der Waals surface area contributed by atoms with Crippen molar-refractivity contribution in [3.05, 3.63) is 45.3 Å². The summed E-state index contributed by atoms with van der Waals surface area (Å²) in [5.74, 6) is -1.11. The Labute approximate surface area is 152 Å². The monoisotopic (exact) mass is 374 g/mol. The maximum atomic E-state index is 12.6. The average molecular weight is 374 g/mol. The van der Waals surface area contributed by atoms with Crippen LogP contribution in [0.3, 0.4) is 0 Å². The van der Waals surface area contributed by atoms with E-state index in [0.717, 1.165) is 10.6 Å². The standard InChI is InChI=1S/C16H14N4O3S2/c1-3-20-13(21)12(8-10-4-6-11(7-5-10)14(22)23)25-16(20)17-15-19-18-9(2)24-15/h4-8H,3H2,1-2H3,(H,22,23). The van der Waals surface area contributed by atoms with Crippen molar-refractivity contribution < 1.29 is 14.7 Å². The van der Waals surface area contributed by atoms with Gasteiger partial charge < -0.3 is 5.11 Å². The summed E-state index contributed by atoms with van der Waals surface area (Å²) in [5, 5.41) is 18.7. The average Bonchev–Trinajstić information content (AvgIpc) is 3.12. The summed E-state index contributed by atoms with van der Waals surface area (Å²) >= 11 is 2.63. The molecule has 128 valence electrons. The highest BCUT2D eigenvalue weighted by Crippen LogP contribution is 2.34. The lowest BCUT2D eigenvalue weighted by Crippen LogP contribution is -2.28. The van der Waals surface area contributed by atoms with E-state index in [1.54, 1.807) is 23.1 Å². The Bertz CT molecular complexity index is 887. The van der Waals surface area contributed by atoms with Crippen molar-refractivity contribution in [2.24, 2.45) is 4.99 Å². The number of nitrogens with zero attached hydrogens (tertiary/aromatic N) is 4. The predicted molar refractivity (Wildman–Crippen MR) is 98.1 cm³/mol. The van der Waals surface area contributed by atoms with Crippen LogP contribution < -0.4 is 0 Å². The fraction of sp³-hybridized carbons (Fsp3) is 0.188. The molecule has 0 bridgehead atoms. The van der Waals surface area contributed by atoms with Crippen molar-refractivity contribution in [1.82, 2.24) is 15.1 Å². The molecule has 0 radical (unpaired) electrons. The van der Waals surface area contributed by atoms with Crippen molar-refractivity contribution in [3.8, 4) is 0 Å². The van der Waals surface area contributed by atoms with Gasteiger partial charge in [0.2, 0.25) is 5.13 Å². The number of hydrogen-bond donors (Lipinski definition) is 1. The highest BCUT2D eigenvalue weighted by molar-refractivity contribution is 8.18. The Morgan fingerprint density at radius 3 is 2.60 bits per heavy atom. The van der Waals surface area contributed by atoms with Crippen LogP contribution in [0.4, 0.5) is 5.13 Å². The smallest absolute Gasteiger partial charge is 0.335 e. The maximum absolute atomic E-state index is 12.6. The Morgan fingerprint density at radius 2 is 2.04 bits per heavy atom. The first-order chi connectivity index (χ1) is 12.0. The number of carbonyl (C=O) groups is 2. The lowest BCUT2D eigenvalue weighted by molar-refractivity contribution is -0.122. The molecule has 1 aliphatic heterocycles. The zero-order chi connectivity index (χ0) is 18.0. The van der Waals surface area contributed by atoms with Crippen molar-refractivity contribution >= 4 is 51.4 Å². The number of carbonyl (C=O) groups excluding carboxylic acids is 1. The third-order valence-electron chi connectivity index (χ3n) is 3.37. The Balaban J connectivity index is 1.88. The Hall–Kier alpha value is -2.52. The van der Waals surface area contributed by atoms with E-state index in [-0.39, 0.29) is 11.5 Å². The number of hydrogen-bond acceptors (Lipinski definition) is 7. The van der Waals surface area contributed by atoms with Gasteiger partial charge in [0.1, 0.15) is 5.01 Å². The molecule has 7 nitrogen and oxygen atoms in total. The van der Waals surface area contributed by atoms with Gasteiger partial charge in [0.05, 0.1) is 10.5 Å². The van der Waals surface area contributed by atoms with Gasteiger partial charge in [-0.05, 0) is 49.4 Å². The zero-order valence-electron chi connectivity index (χ0n) is 13.5. The first-order valence-electron chi connectivity index (χ1n) is 7.41. The number of aromatic carboxylic acids is 1. The minimum atomic E-state index is -0.982. The highest BCUT2D eigenvalue weighted by atomic mass is 32.2. The minimum absolute atomic E-state index is 0.130. The van der Waals surface area contributed by atoms with E-state index in [0.29, 0.717) is 21.7 Å². The van der Waals surface area contributed by atoms with Gasteiger partial charge in [-0.1, -0.05) is 23.5 Å². The molecule has 0 spiro atoms. The van der Waals surface area contributed by atoms with E-state index in [2.05, 4.69) is 15.2 Å². The third-order valence-corrected chi connectivity index (χ3v) is 5.11. The molecule has 3 rings (SSSR count). The number of carboxylic acids is 1. The summed E-state index contributed by atoms with van der Waals surface area (Å²) in [7, 11) is 0. The first-order valence-corrected chi connectivity index (χ1v) is 9.05. The molecular formula is C16H14N4O3S2. The van der Waals surface area contributed by atoms with E-state index < -0.39 is 5.97 Å². The van der Waals surface area contributed by atoms with Crippen LogP contribution in [0.25, 0.3) is 6.08 Å². The molecule has 1 aliphatic rings. The second kappa shape index (κ2) is 7.16. The fourth-order valence-electron chi connectivity index (χ4n) is 2.16. The lowest BCUT2D eigenvalue weighted by Gasteiger charge is -2.11. The topological polar surface area (TPSA) is 95.8 Å². The van der Waals surface area contributed by atoms with E-state index in [4.69, 9.17) is 5.11 Å². The van der Waals surface area contributed by atoms with E-state index in [9.17, 15) is 9.59 Å². The summed E-state index contributed by atoms with van der Waals surface area (Å²) in [6.07, 6.45) is 1.73. The van der Waals surface area contributed by atoms with Crippen LogP contribution in [0.5, 0.6) is 0 Å². The van der Waals surface area contributed by atoms with Gasteiger partial charge in [-0.15, -0.1) is 10.2 Å². The molecule has 1 aromatic heterocycles. The van der Waals surface area contributed by atoms with Gasteiger partial charge in [-0.2, -0.15) is 4.99 Å². The van der Waals surface area contributed by atoms with Crippen molar-refractivity contribution in [3.63, 3.8) is 0 Å². The van der Waals surface area contributed by atoms with Crippen LogP contribution in [0.1, 0.15) is 27.9 Å². The number of aliphatic imine (C=N–C) groups is 1. The van der Waals surface area contributed by atoms with Gasteiger partial charge in [0.15, 0.2) is 5.17 Å². The van der Waals surface area contributed by atoms with Crippen LogP contribution in [0.2, 0.25) is 0 Å². The molecule has 0 unspecified atom stereocenters. The first kappa shape index (κ1) is 17.3. The van der Waals surface area contributed by atoms with Crippen LogP contribution >= 0.6 is 23.1 Å². The largest absolute Gasteiger partial charge is 0.478 e. The van der Waals surface area contributed by atoms with E-state index in [1.165, 1.54) is 35.2 Å². The Kier molecular flexibility index (Phi) is 4.95. The number of benzene rings is 1. The van der Waals surface area contributed by atoms with Crippen LogP contribution in [0.15, 0.2) is 34.2 Å². The van der Waals surface area contributed by atoms with Crippen LogP contribution in [-0.4, -0.2) is 43.8 Å². The zero-order valence-corrected chi connectivity index (χ0v) is 15.1. The number of aryl methyl sites for hydroxylation is 1. The number of rotatable bonds is 4. The quantitative estimate of drug-likeness (QED) is 0.826. The fourth-order valence-corrected chi connectivity index (χ4v) is 3.82. The summed E-state index contributed by atoms with van der Waals surface area (Å²) in [6, 6.07) is 6.36. The van der Waals surface area contributed by atoms with Crippen molar-refractivity contribution in [2.45, 2.75) is 13.8 Å². The second-order valence-corrected chi connectivity index (χ2v) is 7.25. The molecule has 0 saturated carbocycles. The SMILES string of the molecule is CCN1C(=O)C(=Cc2ccc(C(=O)O)cc2)SC1=Nc1nnc(C)s1. The molecule has 1 fully saturated rings. The van der Waals surface area contributed by atoms with Gasteiger partial charge in [0, 0.05) is 6.54 Å². The summed E-state index contributed by atoms with van der Waals surface area (Å²) in [6.45, 7) is 4.22. The number of amides is 1. The molecule has 1 N–H and O–H groups in total. The van der Waals surface area contributed by atoms with Crippen LogP contribution in [-0.2, 0) is 4.79 Å². The summed E-state index contributed by atoms with van der Waals surface area (Å²) in [4.78, 5) is 30.0. The number of carboxylic acid groups (broad SMARTS) is 1. The highest BCUT2D eigenvalue weighted by Gasteiger charge is 2.32. The van der Waals surface area contributed by atoms with E-state index in [1.807, 2.05) is 13.8 Å². The number of thioether (sulfide) groups is 1. The molecule has 0 aliphatic carbocycles. The predicted octanol–water partition coefficient (Wildman–Crippen LogP) is 3.17. The second-order valence-electron chi connectivity index (χ2n) is 5.09. The van der Waals surface area contributed by atoms with Crippen LogP contribution in [0, 0.1) is 6.92 Å². The number of likely N-dealkylation sites (N-methyl/N-ethyl adjacent to an activating group) is 1. The molecule has 1 aromatic carbocycles. The van der Waals surface area contributed by atoms with Gasteiger partial charge in [-0.3, -0.25) is 9.69 Å². The minimum Gasteiger partial charge on any atom is -0.478 e. The molecule has 1 saturated heterocycles. The molecule has 1 amide bonds. The lowest BCUT2D eigenvalue weighted by atomic mass is 10.1. The molecule has 2 aromatic rings. The van der Waals surface area contributed by atoms with Gasteiger partial charge in [-0.25, -0.2) is 4.79 Å². The molecule has 2 heterocycles. The number of aromatic nitrogens is 2. The normalized spacial score (nSPS) is 17.7. The molecular weight excluding hydrogens is 360 g/mol. The third kappa shape index (κ3) is 3.77. The summed E-state index contributed by atoms with van der Waals surface area (Å²) < 4.78 is 0. The van der Waals surface area contributed by atoms with Crippen molar-refractivity contribution in [1.29, 1.82) is 0 Å². The molecule has 9 heteroatoms. The molecule has 25 heavy (non-hydrogen) atoms. The maximum Gasteiger partial charge on any atom is 0.335 e. The van der Waals surface area contributed by atoms with Gasteiger partial charge in [0.25, 0.3) is 5.91 Å². The summed E-state index contributed by atoms with van der Waals surface area (Å²) in [5.41, 5.74) is 0.960. The van der Waals surface area contributed by atoms with Crippen molar-refractivity contribution in [2.75, 3.05) is 6.54 Å². The number of amidine groups is 1. The van der Waals surface area contributed by atoms with E-state index >= 15 is 0 Å². The van der Waals surface area contributed by atoms with Gasteiger partial charge >= 0.3 is 5.97 Å².